The molecule has 2 aromatic rings. The number of carbonyl (C=O) groups excluding carboxylic acids is 1. The molecule has 1 amide bonds. The molecular formula is C20H26FN3O. The van der Waals surface area contributed by atoms with Gasteiger partial charge in [-0.3, -0.25) is 4.79 Å². The number of hydrogen-bond donors (Lipinski definition) is 1. The maximum atomic E-state index is 13.5. The van der Waals surface area contributed by atoms with E-state index in [0.717, 1.165) is 17.4 Å². The van der Waals surface area contributed by atoms with E-state index in [1.807, 2.05) is 16.8 Å². The highest BCUT2D eigenvalue weighted by atomic mass is 19.1. The van der Waals surface area contributed by atoms with E-state index in [-0.39, 0.29) is 18.3 Å². The average molecular weight is 343 g/mol. The third-order valence-corrected chi connectivity index (χ3v) is 5.84. The standard InChI is InChI=1S/C20H26FN3O/c21-17-7-6-15-8-11-24(19(15)12-17)14-20(25)22-13-16-4-3-10-23-9-2-1-5-18(16)23/h6-8,11-12,16,18H,1-5,9-10,13-14H2,(H,22,25)/t16-,18+/m1/s1. The van der Waals surface area contributed by atoms with Crippen LogP contribution in [0.25, 0.3) is 10.9 Å². The second-order valence-electron chi connectivity index (χ2n) is 7.45. The van der Waals surface area contributed by atoms with Crippen molar-refractivity contribution in [2.24, 2.45) is 5.92 Å². The van der Waals surface area contributed by atoms with Crippen molar-refractivity contribution in [1.82, 2.24) is 14.8 Å². The Morgan fingerprint density at radius 2 is 2.04 bits per heavy atom. The molecule has 134 valence electrons. The largest absolute Gasteiger partial charge is 0.354 e. The molecule has 3 heterocycles. The molecule has 0 unspecified atom stereocenters. The van der Waals surface area contributed by atoms with Gasteiger partial charge in [0.25, 0.3) is 0 Å². The SMILES string of the molecule is O=C(Cn1ccc2ccc(F)cc21)NC[C@H]1CCCN2CCCC[C@@H]12. The Kier molecular flexibility index (Phi) is 4.75. The number of aromatic nitrogens is 1. The maximum absolute atomic E-state index is 13.5. The number of hydrogen-bond acceptors (Lipinski definition) is 2. The second-order valence-corrected chi connectivity index (χ2v) is 7.45. The summed E-state index contributed by atoms with van der Waals surface area (Å²) >= 11 is 0. The number of piperidine rings is 2. The fraction of sp³-hybridized carbons (Fsp3) is 0.550. The molecule has 0 saturated carbocycles. The molecular weight excluding hydrogens is 317 g/mol. The highest BCUT2D eigenvalue weighted by Gasteiger charge is 2.32. The van der Waals surface area contributed by atoms with Gasteiger partial charge in [-0.1, -0.05) is 6.42 Å². The van der Waals surface area contributed by atoms with Crippen LogP contribution in [0.1, 0.15) is 32.1 Å². The van der Waals surface area contributed by atoms with E-state index in [4.69, 9.17) is 0 Å². The van der Waals surface area contributed by atoms with Gasteiger partial charge in [0, 0.05) is 18.8 Å². The van der Waals surface area contributed by atoms with Crippen LogP contribution in [0.5, 0.6) is 0 Å². The summed E-state index contributed by atoms with van der Waals surface area (Å²) in [6.07, 6.45) is 8.19. The Labute approximate surface area is 148 Å². The summed E-state index contributed by atoms with van der Waals surface area (Å²) in [6, 6.07) is 7.25. The zero-order chi connectivity index (χ0) is 17.2. The van der Waals surface area contributed by atoms with Crippen LogP contribution in [0.3, 0.4) is 0 Å². The molecule has 2 aliphatic rings. The molecule has 4 rings (SSSR count). The van der Waals surface area contributed by atoms with Gasteiger partial charge < -0.3 is 14.8 Å². The van der Waals surface area contributed by atoms with Crippen LogP contribution in [0, 0.1) is 11.7 Å². The lowest BCUT2D eigenvalue weighted by Crippen LogP contribution is -2.51. The normalized spacial score (nSPS) is 24.2. The van der Waals surface area contributed by atoms with Crippen LogP contribution in [-0.2, 0) is 11.3 Å². The van der Waals surface area contributed by atoms with Gasteiger partial charge in [-0.15, -0.1) is 0 Å². The molecule has 2 aliphatic heterocycles. The fourth-order valence-corrected chi connectivity index (χ4v) is 4.57. The maximum Gasteiger partial charge on any atom is 0.239 e. The number of amides is 1. The van der Waals surface area contributed by atoms with Gasteiger partial charge in [-0.2, -0.15) is 0 Å². The summed E-state index contributed by atoms with van der Waals surface area (Å²) in [5.41, 5.74) is 0.770. The van der Waals surface area contributed by atoms with Crippen LogP contribution in [0.4, 0.5) is 4.39 Å². The van der Waals surface area contributed by atoms with Gasteiger partial charge in [0.1, 0.15) is 12.4 Å². The number of benzene rings is 1. The van der Waals surface area contributed by atoms with Gasteiger partial charge in [0.05, 0.1) is 5.52 Å². The quantitative estimate of drug-likeness (QED) is 0.926. The van der Waals surface area contributed by atoms with E-state index in [0.29, 0.717) is 12.0 Å². The number of nitrogens with one attached hydrogen (secondary N) is 1. The van der Waals surface area contributed by atoms with Gasteiger partial charge >= 0.3 is 0 Å². The molecule has 2 saturated heterocycles. The van der Waals surface area contributed by atoms with Crippen molar-refractivity contribution in [3.63, 3.8) is 0 Å². The minimum Gasteiger partial charge on any atom is -0.354 e. The van der Waals surface area contributed by atoms with Crippen molar-refractivity contribution in [2.45, 2.75) is 44.7 Å². The molecule has 0 aliphatic carbocycles. The van der Waals surface area contributed by atoms with Crippen molar-refractivity contribution < 1.29 is 9.18 Å². The summed E-state index contributed by atoms with van der Waals surface area (Å²) < 4.78 is 15.3. The van der Waals surface area contributed by atoms with Gasteiger partial charge in [0.2, 0.25) is 5.91 Å². The summed E-state index contributed by atoms with van der Waals surface area (Å²) in [6.45, 7) is 3.44. The number of carbonyl (C=O) groups is 1. The van der Waals surface area contributed by atoms with Crippen molar-refractivity contribution >= 4 is 16.8 Å². The molecule has 2 fully saturated rings. The summed E-state index contributed by atoms with van der Waals surface area (Å²) in [5, 5.41) is 4.08. The van der Waals surface area contributed by atoms with E-state index >= 15 is 0 Å². The van der Waals surface area contributed by atoms with Crippen LogP contribution in [0.15, 0.2) is 30.5 Å². The van der Waals surface area contributed by atoms with Gasteiger partial charge in [0.15, 0.2) is 0 Å². The minimum absolute atomic E-state index is 0.00898. The molecule has 4 nitrogen and oxygen atoms in total. The molecule has 2 atom stereocenters. The third kappa shape index (κ3) is 3.56. The van der Waals surface area contributed by atoms with Gasteiger partial charge in [-0.05, 0) is 74.3 Å². The first-order chi connectivity index (χ1) is 12.2. The zero-order valence-corrected chi connectivity index (χ0v) is 14.6. The Bertz CT molecular complexity index is 754. The molecule has 0 bridgehead atoms. The topological polar surface area (TPSA) is 37.3 Å². The van der Waals surface area contributed by atoms with Gasteiger partial charge in [-0.25, -0.2) is 4.39 Å². The van der Waals surface area contributed by atoms with Crippen LogP contribution in [-0.4, -0.2) is 41.1 Å². The highest BCUT2D eigenvalue weighted by molar-refractivity contribution is 5.83. The van der Waals surface area contributed by atoms with Crippen LogP contribution in [0.2, 0.25) is 0 Å². The van der Waals surface area contributed by atoms with E-state index in [2.05, 4.69) is 10.2 Å². The Morgan fingerprint density at radius 3 is 2.96 bits per heavy atom. The summed E-state index contributed by atoms with van der Waals surface area (Å²) in [7, 11) is 0. The summed E-state index contributed by atoms with van der Waals surface area (Å²) in [5.74, 6) is 0.305. The van der Waals surface area contributed by atoms with Crippen molar-refractivity contribution in [1.29, 1.82) is 0 Å². The Balaban J connectivity index is 1.36. The highest BCUT2D eigenvalue weighted by Crippen LogP contribution is 2.30. The van der Waals surface area contributed by atoms with Crippen LogP contribution >= 0.6 is 0 Å². The average Bonchev–Trinajstić information content (AvgIpc) is 3.02. The second kappa shape index (κ2) is 7.16. The van der Waals surface area contributed by atoms with E-state index in [9.17, 15) is 9.18 Å². The lowest BCUT2D eigenvalue weighted by atomic mass is 9.83. The van der Waals surface area contributed by atoms with Crippen molar-refractivity contribution in [3.05, 3.63) is 36.3 Å². The lowest BCUT2D eigenvalue weighted by Gasteiger charge is -2.44. The number of fused-ring (bicyclic) bond motifs is 2. The first kappa shape index (κ1) is 16.6. The molecule has 1 aromatic heterocycles. The smallest absolute Gasteiger partial charge is 0.239 e. The summed E-state index contributed by atoms with van der Waals surface area (Å²) in [4.78, 5) is 15.0. The van der Waals surface area contributed by atoms with E-state index < -0.39 is 0 Å². The molecule has 25 heavy (non-hydrogen) atoms. The first-order valence-corrected chi connectivity index (χ1v) is 9.46. The number of halogens is 1. The van der Waals surface area contributed by atoms with Crippen LogP contribution < -0.4 is 5.32 Å². The first-order valence-electron chi connectivity index (χ1n) is 9.46. The molecule has 5 heteroatoms. The Morgan fingerprint density at radius 1 is 1.16 bits per heavy atom. The third-order valence-electron chi connectivity index (χ3n) is 5.84. The van der Waals surface area contributed by atoms with E-state index in [1.165, 1.54) is 57.3 Å². The van der Waals surface area contributed by atoms with Crippen molar-refractivity contribution in [2.75, 3.05) is 19.6 Å². The van der Waals surface area contributed by atoms with E-state index in [1.54, 1.807) is 6.07 Å². The number of rotatable bonds is 4. The monoisotopic (exact) mass is 343 g/mol. The lowest BCUT2D eigenvalue weighted by molar-refractivity contribution is -0.122. The molecule has 1 aromatic carbocycles. The molecule has 0 spiro atoms. The number of nitrogens with zero attached hydrogens (tertiary/aromatic N) is 2. The molecule has 0 radical (unpaired) electrons. The molecule has 1 N–H and O–H groups in total. The zero-order valence-electron chi connectivity index (χ0n) is 14.6. The predicted molar refractivity (Wildman–Crippen MR) is 96.8 cm³/mol. The fourth-order valence-electron chi connectivity index (χ4n) is 4.57. The Hall–Kier alpha value is -1.88. The van der Waals surface area contributed by atoms with Crippen molar-refractivity contribution in [3.8, 4) is 0 Å². The predicted octanol–water partition coefficient (Wildman–Crippen LogP) is 3.16. The minimum atomic E-state index is -0.271.